The Balaban J connectivity index is 1.54. The molecule has 0 saturated heterocycles. The van der Waals surface area contributed by atoms with Gasteiger partial charge in [-0.25, -0.2) is 0 Å². The third kappa shape index (κ3) is 3.92. The van der Waals surface area contributed by atoms with Crippen LogP contribution in [0.3, 0.4) is 0 Å². The Labute approximate surface area is 159 Å². The van der Waals surface area contributed by atoms with Gasteiger partial charge in [0.15, 0.2) is 6.10 Å². The lowest BCUT2D eigenvalue weighted by Gasteiger charge is -2.21. The van der Waals surface area contributed by atoms with Gasteiger partial charge in [0.2, 0.25) is 0 Å². The molecule has 0 N–H and O–H groups in total. The monoisotopic (exact) mass is 353 g/mol. The summed E-state index contributed by atoms with van der Waals surface area (Å²) in [6.07, 6.45) is 7.50. The molecular weight excluding hydrogens is 334 g/mol. The summed E-state index contributed by atoms with van der Waals surface area (Å²) in [6, 6.07) is 16.2. The lowest BCUT2D eigenvalue weighted by atomic mass is 10.0. The SMILES string of the molecule is C=CCOCC#Cc1ccc2c(c1)OC(c1cc3ccccc3cn1)C=C2. The number of nitrogens with zero attached hydrogens (tertiary/aromatic N) is 1. The number of fused-ring (bicyclic) bond motifs is 2. The van der Waals surface area contributed by atoms with Gasteiger partial charge in [-0.05, 0) is 29.7 Å². The van der Waals surface area contributed by atoms with Crippen molar-refractivity contribution in [1.29, 1.82) is 0 Å². The van der Waals surface area contributed by atoms with E-state index in [-0.39, 0.29) is 6.10 Å². The van der Waals surface area contributed by atoms with Gasteiger partial charge in [0.1, 0.15) is 12.4 Å². The fourth-order valence-corrected chi connectivity index (χ4v) is 2.97. The summed E-state index contributed by atoms with van der Waals surface area (Å²) in [5.41, 5.74) is 2.84. The van der Waals surface area contributed by atoms with Gasteiger partial charge >= 0.3 is 0 Å². The quantitative estimate of drug-likeness (QED) is 0.378. The predicted octanol–water partition coefficient (Wildman–Crippen LogP) is 4.94. The third-order valence-corrected chi connectivity index (χ3v) is 4.30. The Morgan fingerprint density at radius 2 is 2.04 bits per heavy atom. The molecule has 3 nitrogen and oxygen atoms in total. The number of benzene rings is 2. The van der Waals surface area contributed by atoms with E-state index in [1.807, 2.05) is 42.6 Å². The smallest absolute Gasteiger partial charge is 0.159 e. The van der Waals surface area contributed by atoms with E-state index in [2.05, 4.69) is 47.7 Å². The summed E-state index contributed by atoms with van der Waals surface area (Å²) < 4.78 is 11.5. The summed E-state index contributed by atoms with van der Waals surface area (Å²) in [5, 5.41) is 2.28. The van der Waals surface area contributed by atoms with Gasteiger partial charge in [-0.1, -0.05) is 54.3 Å². The van der Waals surface area contributed by atoms with Crippen LogP contribution in [0, 0.1) is 11.8 Å². The van der Waals surface area contributed by atoms with Crippen molar-refractivity contribution < 1.29 is 9.47 Å². The van der Waals surface area contributed by atoms with Gasteiger partial charge in [-0.2, -0.15) is 0 Å². The predicted molar refractivity (Wildman–Crippen MR) is 108 cm³/mol. The van der Waals surface area contributed by atoms with Crippen LogP contribution in [0.25, 0.3) is 16.8 Å². The number of aromatic nitrogens is 1. The first-order chi connectivity index (χ1) is 13.3. The lowest BCUT2D eigenvalue weighted by molar-refractivity contribution is 0.199. The van der Waals surface area contributed by atoms with Crippen LogP contribution in [-0.4, -0.2) is 18.2 Å². The third-order valence-electron chi connectivity index (χ3n) is 4.30. The van der Waals surface area contributed by atoms with Crippen LogP contribution in [0.15, 0.2) is 73.5 Å². The summed E-state index contributed by atoms with van der Waals surface area (Å²) in [7, 11) is 0. The minimum absolute atomic E-state index is 0.207. The molecule has 1 aromatic heterocycles. The fraction of sp³-hybridized carbons (Fsp3) is 0.125. The van der Waals surface area contributed by atoms with Crippen LogP contribution in [0.1, 0.15) is 22.9 Å². The Morgan fingerprint density at radius 1 is 1.15 bits per heavy atom. The van der Waals surface area contributed by atoms with E-state index in [9.17, 15) is 0 Å². The Kier molecular flexibility index (Phi) is 5.00. The maximum absolute atomic E-state index is 6.19. The second-order valence-electron chi connectivity index (χ2n) is 6.21. The molecule has 0 fully saturated rings. The normalized spacial score (nSPS) is 14.7. The highest BCUT2D eigenvalue weighted by Crippen LogP contribution is 2.33. The van der Waals surface area contributed by atoms with Gasteiger partial charge in [0, 0.05) is 22.7 Å². The molecule has 0 amide bonds. The molecule has 3 heteroatoms. The molecule has 0 bridgehead atoms. The fourth-order valence-electron chi connectivity index (χ4n) is 2.97. The van der Waals surface area contributed by atoms with E-state index in [0.717, 1.165) is 33.3 Å². The van der Waals surface area contributed by atoms with Gasteiger partial charge < -0.3 is 9.47 Å². The van der Waals surface area contributed by atoms with Gasteiger partial charge in [-0.15, -0.1) is 6.58 Å². The number of rotatable bonds is 4. The molecular formula is C24H19NO2. The zero-order valence-corrected chi connectivity index (χ0v) is 14.9. The summed E-state index contributed by atoms with van der Waals surface area (Å²) >= 11 is 0. The van der Waals surface area contributed by atoms with E-state index in [1.54, 1.807) is 6.08 Å². The number of pyridine rings is 1. The average molecular weight is 353 g/mol. The zero-order chi connectivity index (χ0) is 18.5. The molecule has 2 heterocycles. The molecule has 1 unspecified atom stereocenters. The second-order valence-corrected chi connectivity index (χ2v) is 6.21. The highest BCUT2D eigenvalue weighted by atomic mass is 16.5. The standard InChI is InChI=1S/C24H19NO2/c1-2-13-26-14-5-6-18-9-10-19-11-12-23(27-24(19)15-18)22-16-20-7-3-4-8-21(20)17-25-22/h2-4,7-12,15-17,23H,1,13-14H2. The van der Waals surface area contributed by atoms with Crippen LogP contribution in [-0.2, 0) is 4.74 Å². The molecule has 1 aliphatic rings. The van der Waals surface area contributed by atoms with Crippen molar-refractivity contribution in [2.75, 3.05) is 13.2 Å². The molecule has 0 spiro atoms. The first kappa shape index (κ1) is 17.1. The van der Waals surface area contributed by atoms with Crippen molar-refractivity contribution in [3.63, 3.8) is 0 Å². The number of ether oxygens (including phenoxy) is 2. The number of hydrogen-bond donors (Lipinski definition) is 0. The van der Waals surface area contributed by atoms with Gasteiger partial charge in [0.05, 0.1) is 12.3 Å². The van der Waals surface area contributed by atoms with Crippen LogP contribution < -0.4 is 4.74 Å². The molecule has 0 radical (unpaired) electrons. The largest absolute Gasteiger partial charge is 0.479 e. The molecule has 132 valence electrons. The molecule has 3 aromatic rings. The first-order valence-electron chi connectivity index (χ1n) is 8.84. The summed E-state index contributed by atoms with van der Waals surface area (Å²) in [4.78, 5) is 4.58. The van der Waals surface area contributed by atoms with Crippen molar-refractivity contribution in [3.8, 4) is 17.6 Å². The Morgan fingerprint density at radius 3 is 2.93 bits per heavy atom. The van der Waals surface area contributed by atoms with E-state index in [4.69, 9.17) is 9.47 Å². The molecule has 4 rings (SSSR count). The van der Waals surface area contributed by atoms with Crippen molar-refractivity contribution >= 4 is 16.8 Å². The minimum Gasteiger partial charge on any atom is -0.479 e. The van der Waals surface area contributed by atoms with Gasteiger partial charge in [-0.3, -0.25) is 4.98 Å². The maximum Gasteiger partial charge on any atom is 0.159 e. The number of hydrogen-bond acceptors (Lipinski definition) is 3. The molecule has 0 aliphatic carbocycles. The second kappa shape index (κ2) is 7.90. The van der Waals surface area contributed by atoms with E-state index in [0.29, 0.717) is 13.2 Å². The van der Waals surface area contributed by atoms with Crippen molar-refractivity contribution in [3.05, 3.63) is 90.3 Å². The maximum atomic E-state index is 6.19. The molecule has 0 saturated carbocycles. The van der Waals surface area contributed by atoms with Gasteiger partial charge in [0.25, 0.3) is 0 Å². The first-order valence-corrected chi connectivity index (χ1v) is 8.84. The average Bonchev–Trinajstić information content (AvgIpc) is 2.72. The molecule has 1 atom stereocenters. The summed E-state index contributed by atoms with van der Waals surface area (Å²) in [5.74, 6) is 6.92. The summed E-state index contributed by atoms with van der Waals surface area (Å²) in [6.45, 7) is 4.50. The highest BCUT2D eigenvalue weighted by molar-refractivity contribution is 5.82. The van der Waals surface area contributed by atoms with Crippen molar-refractivity contribution in [2.45, 2.75) is 6.10 Å². The minimum atomic E-state index is -0.207. The van der Waals surface area contributed by atoms with Crippen LogP contribution >= 0.6 is 0 Å². The molecule has 27 heavy (non-hydrogen) atoms. The van der Waals surface area contributed by atoms with E-state index in [1.165, 1.54) is 0 Å². The van der Waals surface area contributed by atoms with Crippen molar-refractivity contribution in [1.82, 2.24) is 4.98 Å². The lowest BCUT2D eigenvalue weighted by Crippen LogP contribution is -2.10. The van der Waals surface area contributed by atoms with Crippen LogP contribution in [0.2, 0.25) is 0 Å². The van der Waals surface area contributed by atoms with Crippen molar-refractivity contribution in [2.24, 2.45) is 0 Å². The van der Waals surface area contributed by atoms with E-state index < -0.39 is 0 Å². The molecule has 1 aliphatic heterocycles. The van der Waals surface area contributed by atoms with Crippen LogP contribution in [0.4, 0.5) is 0 Å². The highest BCUT2D eigenvalue weighted by Gasteiger charge is 2.18. The Hall–Kier alpha value is -3.35. The topological polar surface area (TPSA) is 31.4 Å². The Bertz CT molecular complexity index is 1070. The molecule has 2 aromatic carbocycles. The zero-order valence-electron chi connectivity index (χ0n) is 14.9. The van der Waals surface area contributed by atoms with E-state index >= 15 is 0 Å². The van der Waals surface area contributed by atoms with Crippen LogP contribution in [0.5, 0.6) is 5.75 Å².